The van der Waals surface area contributed by atoms with Gasteiger partial charge in [-0.3, -0.25) is 0 Å². The van der Waals surface area contributed by atoms with Gasteiger partial charge in [-0.15, -0.1) is 17.0 Å². The monoisotopic (exact) mass is 956 g/mol. The number of rotatable bonds is 4. The molecule has 0 N–H and O–H groups in total. The molecule has 350 valence electrons. The zero-order valence-electron chi connectivity index (χ0n) is 36.9. The van der Waals surface area contributed by atoms with Crippen LogP contribution in [-0.4, -0.2) is 21.6 Å². The van der Waals surface area contributed by atoms with Gasteiger partial charge in [0.15, 0.2) is 58.2 Å². The maximum Gasteiger partial charge on any atom is 0.200 e. The van der Waals surface area contributed by atoms with Gasteiger partial charge in [0.05, 0.1) is 22.7 Å². The predicted octanol–water partition coefficient (Wildman–Crippen LogP) is 14.6. The molecule has 0 nitrogen and oxygen atoms in total. The number of hydrogen-bond acceptors (Lipinski definition) is 0. The molecule has 0 amide bonds. The van der Waals surface area contributed by atoms with Gasteiger partial charge in [0.2, 0.25) is 5.82 Å². The Bertz CT molecular complexity index is 2710. The fourth-order valence-corrected chi connectivity index (χ4v) is 22.1. The number of allylic oxidation sites excluding steroid dienone is 2. The van der Waals surface area contributed by atoms with E-state index in [0.29, 0.717) is 34.3 Å². The van der Waals surface area contributed by atoms with Crippen LogP contribution in [0.15, 0.2) is 65.9 Å². The summed E-state index contributed by atoms with van der Waals surface area (Å²) < 4.78 is 243. The zero-order chi connectivity index (χ0) is 49.3. The van der Waals surface area contributed by atoms with Crippen molar-refractivity contribution in [2.75, 3.05) is 0 Å². The van der Waals surface area contributed by atoms with Gasteiger partial charge < -0.3 is 0 Å². The van der Waals surface area contributed by atoms with E-state index in [2.05, 4.69) is 0 Å². The Balaban J connectivity index is 1.95. The summed E-state index contributed by atoms with van der Waals surface area (Å²) >= 11 is 0. The Hall–Kier alpha value is -4.98. The van der Waals surface area contributed by atoms with Gasteiger partial charge >= 0.3 is 0 Å². The quantitative estimate of drug-likeness (QED) is 0.0554. The molecule has 1 aliphatic carbocycles. The summed E-state index contributed by atoms with van der Waals surface area (Å²) in [4.78, 5) is 0. The van der Waals surface area contributed by atoms with Crippen LogP contribution in [0.5, 0.6) is 0 Å². The third-order valence-electron chi connectivity index (χ3n) is 13.6. The van der Waals surface area contributed by atoms with Crippen molar-refractivity contribution >= 4 is 29.8 Å². The molecule has 7 rings (SSSR count). The average molecular weight is 957 g/mol. The van der Waals surface area contributed by atoms with Crippen LogP contribution >= 0.6 is 7.26 Å². The summed E-state index contributed by atoms with van der Waals surface area (Å²) in [6.07, 6.45) is -6.17. The first kappa shape index (κ1) is 48.9. The van der Waals surface area contributed by atoms with Crippen molar-refractivity contribution < 1.29 is 65.9 Å². The highest BCUT2D eigenvalue weighted by atomic mass is 31.2. The van der Waals surface area contributed by atoms with Crippen LogP contribution in [0.4, 0.5) is 65.9 Å². The number of hydrogen-bond donors (Lipinski definition) is 0. The second-order valence-electron chi connectivity index (χ2n) is 19.9. The number of benzene rings is 5. The average Bonchev–Trinajstić information content (AvgIpc) is 3.50. The van der Waals surface area contributed by atoms with Gasteiger partial charge in [-0.25, -0.2) is 65.9 Å². The maximum absolute atomic E-state index is 17.2. The van der Waals surface area contributed by atoms with E-state index in [9.17, 15) is 4.39 Å². The summed E-state index contributed by atoms with van der Waals surface area (Å²) in [5.74, 6) is -42.2. The van der Waals surface area contributed by atoms with Crippen molar-refractivity contribution in [1.82, 2.24) is 0 Å². The number of halogens is 15. The summed E-state index contributed by atoms with van der Waals surface area (Å²) in [6, 6.07) is 13.4. The Morgan fingerprint density at radius 2 is 0.727 bits per heavy atom. The molecular weight excluding hydrogens is 915 g/mol. The Morgan fingerprint density at radius 1 is 0.424 bits per heavy atom. The summed E-state index contributed by atoms with van der Waals surface area (Å²) in [6.45, 7) is 15.6. The van der Waals surface area contributed by atoms with Crippen LogP contribution in [0, 0.1) is 87.3 Å². The van der Waals surface area contributed by atoms with E-state index in [1.165, 1.54) is 0 Å². The Labute approximate surface area is 371 Å². The normalized spacial score (nSPS) is 17.8. The van der Waals surface area contributed by atoms with Gasteiger partial charge in [-0.2, -0.15) is 11.4 Å². The third kappa shape index (κ3) is 6.41. The molecule has 0 unspecified atom stereocenters. The van der Waals surface area contributed by atoms with E-state index in [1.54, 1.807) is 111 Å². The topological polar surface area (TPSA) is 0 Å². The minimum atomic E-state index is -5.56. The Kier molecular flexibility index (Phi) is 11.7. The first-order chi connectivity index (χ1) is 30.4. The standard InChI is InChI=1S/C49H41BF15P/c1-46(2,3)66(47(4,5)6,48(7,8)9)22-20-49(25-16-12-10-14-23(25)24-15-11-13-17-26(24)49)19-18-27(28-31(51)37(57)43(63)38(58)32(28)52)50(21-22,29-33(53)39(59)44(64)40(60)34(29)54)30-35(55)41(61)45(65)42(62)36(30)56/h10-18,21H,19-20H2,1-9H3/b22-21+,27-18-. The second kappa shape index (κ2) is 15.8. The highest BCUT2D eigenvalue weighted by Crippen LogP contribution is 2.89. The molecule has 66 heavy (non-hydrogen) atoms. The molecule has 0 aromatic heterocycles. The molecule has 1 aliphatic heterocycles. The Morgan fingerprint density at radius 3 is 1.06 bits per heavy atom. The fourth-order valence-electron chi connectivity index (χ4n) is 12.5. The van der Waals surface area contributed by atoms with Crippen LogP contribution in [0.1, 0.15) is 91.8 Å². The van der Waals surface area contributed by atoms with Crippen LogP contribution in [0.2, 0.25) is 0 Å². The minimum Gasteiger partial charge on any atom is -0.207 e. The number of fused-ring (bicyclic) bond motifs is 5. The highest BCUT2D eigenvalue weighted by Gasteiger charge is 2.68. The second-order valence-corrected chi connectivity index (χ2v) is 25.8. The van der Waals surface area contributed by atoms with Crippen LogP contribution in [0.25, 0.3) is 16.6 Å². The molecule has 17 heteroatoms. The fraction of sp³-hybridized carbons (Fsp3) is 0.306. The SMILES string of the molecule is CC(C)(C)[P+](/C1=C/[B-](c2c(F)c(F)c(F)c(F)c2F)(c2c(F)c(F)c(F)c(F)c2F)/C(c2c(F)c(F)c(F)c(F)c2F)=C\CC2(C1)c1ccccc1-c1ccccc12)(C(C)(C)C)C(C)(C)C. The van der Waals surface area contributed by atoms with Crippen LogP contribution in [-0.2, 0) is 5.41 Å². The van der Waals surface area contributed by atoms with Crippen LogP contribution in [0.3, 0.4) is 0 Å². The molecule has 0 atom stereocenters. The molecule has 0 bridgehead atoms. The van der Waals surface area contributed by atoms with Crippen molar-refractivity contribution in [1.29, 1.82) is 0 Å². The molecule has 5 aromatic carbocycles. The van der Waals surface area contributed by atoms with Crippen molar-refractivity contribution in [3.8, 4) is 11.1 Å². The molecule has 0 radical (unpaired) electrons. The molecule has 0 saturated carbocycles. The highest BCUT2D eigenvalue weighted by molar-refractivity contribution is 7.83. The maximum atomic E-state index is 17.2. The van der Waals surface area contributed by atoms with Gasteiger partial charge in [-0.05, 0) is 91.0 Å². The van der Waals surface area contributed by atoms with Gasteiger partial charge in [0, 0.05) is 22.7 Å². The van der Waals surface area contributed by atoms with Gasteiger partial charge in [-0.1, -0.05) is 48.5 Å². The molecule has 1 spiro atoms. The lowest BCUT2D eigenvalue weighted by molar-refractivity contribution is 0.376. The molecule has 5 aromatic rings. The van der Waals surface area contributed by atoms with Crippen LogP contribution < -0.4 is 10.9 Å². The molecule has 1 heterocycles. The summed E-state index contributed by atoms with van der Waals surface area (Å²) in [5.41, 5.74) is -8.17. The first-order valence-corrected chi connectivity index (χ1v) is 22.4. The minimum absolute atomic E-state index is 0.121. The molecular formula is C49H41BF15P. The van der Waals surface area contributed by atoms with E-state index in [1.807, 2.05) is 0 Å². The lowest BCUT2D eigenvalue weighted by atomic mass is 9.14. The summed E-state index contributed by atoms with van der Waals surface area (Å²) in [5, 5.41) is -3.51. The molecule has 2 aliphatic rings. The van der Waals surface area contributed by atoms with Crippen molar-refractivity contribution in [3.63, 3.8) is 0 Å². The largest absolute Gasteiger partial charge is 0.207 e. The third-order valence-corrected chi connectivity index (χ3v) is 20.8. The van der Waals surface area contributed by atoms with E-state index in [4.69, 9.17) is 0 Å². The first-order valence-electron chi connectivity index (χ1n) is 20.6. The van der Waals surface area contributed by atoms with Crippen molar-refractivity contribution in [3.05, 3.63) is 170 Å². The predicted molar refractivity (Wildman–Crippen MR) is 228 cm³/mol. The molecule has 0 fully saturated rings. The van der Waals surface area contributed by atoms with E-state index in [0.717, 1.165) is 0 Å². The van der Waals surface area contributed by atoms with Crippen molar-refractivity contribution in [2.24, 2.45) is 0 Å². The van der Waals surface area contributed by atoms with E-state index < -0.39 is 156 Å². The van der Waals surface area contributed by atoms with E-state index >= 15 is 61.5 Å². The van der Waals surface area contributed by atoms with Crippen molar-refractivity contribution in [2.45, 2.75) is 96.0 Å². The van der Waals surface area contributed by atoms with Gasteiger partial charge in [0.25, 0.3) is 0 Å². The summed E-state index contributed by atoms with van der Waals surface area (Å²) in [7, 11) is -3.65. The lowest BCUT2D eigenvalue weighted by Crippen LogP contribution is -2.65. The smallest absolute Gasteiger partial charge is 0.200 e. The molecule has 0 saturated heterocycles. The van der Waals surface area contributed by atoms with Gasteiger partial charge in [0.1, 0.15) is 29.4 Å². The van der Waals surface area contributed by atoms with E-state index in [-0.39, 0.29) is 5.31 Å². The zero-order valence-corrected chi connectivity index (χ0v) is 37.8. The lowest BCUT2D eigenvalue weighted by Gasteiger charge is -2.58.